The van der Waals surface area contributed by atoms with Gasteiger partial charge in [-0.05, 0) is 95.3 Å². The smallest absolute Gasteiger partial charge is 0.358 e. The van der Waals surface area contributed by atoms with Gasteiger partial charge >= 0.3 is 11.9 Å². The van der Waals surface area contributed by atoms with Crippen LogP contribution < -0.4 is 10.2 Å². The summed E-state index contributed by atoms with van der Waals surface area (Å²) in [5.74, 6) is -0.715. The Morgan fingerprint density at radius 1 is 0.817 bits per heavy atom. The van der Waals surface area contributed by atoms with Gasteiger partial charge in [-0.3, -0.25) is 19.6 Å². The van der Waals surface area contributed by atoms with Crippen molar-refractivity contribution in [3.63, 3.8) is 0 Å². The molecule has 2 aromatic carbocycles. The van der Waals surface area contributed by atoms with Crippen LogP contribution in [0.15, 0.2) is 54.6 Å². The molecule has 2 N–H and O–H groups in total. The molecule has 0 fully saturated rings. The number of carbonyl (C=O) groups is 3. The summed E-state index contributed by atoms with van der Waals surface area (Å²) in [4.78, 5) is 50.0. The van der Waals surface area contributed by atoms with Crippen molar-refractivity contribution in [1.82, 2.24) is 19.7 Å². The molecular weight excluding hydrogens is 773 g/mol. The van der Waals surface area contributed by atoms with Crippen LogP contribution in [0.4, 0.5) is 10.9 Å². The van der Waals surface area contributed by atoms with Gasteiger partial charge in [0.25, 0.3) is 5.91 Å². The molecule has 0 aliphatic carbocycles. The lowest BCUT2D eigenvalue weighted by atomic mass is 9.94. The number of fused-ring (bicyclic) bond motifs is 2. The fraction of sp³-hybridized carbons (Fsp3) is 0.500. The van der Waals surface area contributed by atoms with Gasteiger partial charge in [-0.2, -0.15) is 5.10 Å². The van der Waals surface area contributed by atoms with Crippen molar-refractivity contribution in [2.45, 2.75) is 150 Å². The quantitative estimate of drug-likeness (QED) is 0.0546. The van der Waals surface area contributed by atoms with E-state index >= 15 is 0 Å². The Labute approximate surface area is 359 Å². The number of benzene rings is 2. The van der Waals surface area contributed by atoms with Gasteiger partial charge in [-0.1, -0.05) is 106 Å². The number of carboxylic acids is 1. The summed E-state index contributed by atoms with van der Waals surface area (Å²) in [7, 11) is 0. The predicted octanol–water partition coefficient (Wildman–Crippen LogP) is 11.5. The minimum Gasteiger partial charge on any atom is -0.481 e. The number of pyridine rings is 1. The van der Waals surface area contributed by atoms with Crippen molar-refractivity contribution in [3.8, 4) is 11.1 Å². The molecule has 0 saturated heterocycles. The molecule has 4 heterocycles. The first-order valence-corrected chi connectivity index (χ1v) is 22.7. The number of hydrogen-bond donors (Lipinski definition) is 2. The number of esters is 1. The minimum absolute atomic E-state index is 0.199. The highest BCUT2D eigenvalue weighted by Crippen LogP contribution is 2.34. The first kappa shape index (κ1) is 44.5. The van der Waals surface area contributed by atoms with Crippen LogP contribution in [0.5, 0.6) is 0 Å². The summed E-state index contributed by atoms with van der Waals surface area (Å²) in [6.45, 7) is 11.6. The van der Waals surface area contributed by atoms with Gasteiger partial charge in [0.05, 0.1) is 15.9 Å². The van der Waals surface area contributed by atoms with Gasteiger partial charge in [-0.25, -0.2) is 14.8 Å². The average molecular weight is 835 g/mol. The molecule has 1 amide bonds. The van der Waals surface area contributed by atoms with E-state index in [0.717, 1.165) is 83.4 Å². The molecule has 1 aliphatic rings. The Hall–Kier alpha value is -5.10. The van der Waals surface area contributed by atoms with Crippen molar-refractivity contribution < 1.29 is 24.2 Å². The second-order valence-corrected chi connectivity index (χ2v) is 18.2. The molecule has 320 valence electrons. The number of amides is 1. The molecule has 1 aliphatic heterocycles. The molecule has 0 atom stereocenters. The topological polar surface area (TPSA) is 140 Å². The van der Waals surface area contributed by atoms with E-state index < -0.39 is 17.5 Å². The first-order valence-electron chi connectivity index (χ1n) is 21.9. The number of para-hydroxylation sites is 1. The summed E-state index contributed by atoms with van der Waals surface area (Å²) in [6, 6.07) is 17.7. The molecule has 6 rings (SSSR count). The summed E-state index contributed by atoms with van der Waals surface area (Å²) in [6.07, 6.45) is 16.2. The maximum Gasteiger partial charge on any atom is 0.358 e. The molecule has 12 heteroatoms. The number of anilines is 2. The van der Waals surface area contributed by atoms with Crippen molar-refractivity contribution in [1.29, 1.82) is 0 Å². The van der Waals surface area contributed by atoms with Crippen LogP contribution in [0.1, 0.15) is 154 Å². The molecule has 60 heavy (non-hydrogen) atoms. The van der Waals surface area contributed by atoms with Crippen LogP contribution in [0.3, 0.4) is 0 Å². The van der Waals surface area contributed by atoms with E-state index in [-0.39, 0.29) is 11.6 Å². The molecule has 0 bridgehead atoms. The highest BCUT2D eigenvalue weighted by Gasteiger charge is 2.29. The molecule has 0 saturated carbocycles. The highest BCUT2D eigenvalue weighted by molar-refractivity contribution is 7.22. The third kappa shape index (κ3) is 12.0. The zero-order valence-corrected chi connectivity index (χ0v) is 37.0. The van der Waals surface area contributed by atoms with E-state index in [1.54, 1.807) is 0 Å². The first-order chi connectivity index (χ1) is 28.9. The summed E-state index contributed by atoms with van der Waals surface area (Å²) in [5, 5.41) is 17.3. The summed E-state index contributed by atoms with van der Waals surface area (Å²) >= 11 is 1.46. The average Bonchev–Trinajstić information content (AvgIpc) is 3.75. The van der Waals surface area contributed by atoms with Gasteiger partial charge in [0.1, 0.15) is 11.4 Å². The van der Waals surface area contributed by atoms with E-state index in [9.17, 15) is 14.4 Å². The largest absolute Gasteiger partial charge is 0.481 e. The van der Waals surface area contributed by atoms with Crippen LogP contribution in [0.2, 0.25) is 0 Å². The lowest BCUT2D eigenvalue weighted by Crippen LogP contribution is -2.33. The minimum atomic E-state index is -0.707. The number of unbranched alkanes of at least 4 members (excludes halogenated alkanes) is 12. The number of aryl methyl sites for hydroxylation is 2. The van der Waals surface area contributed by atoms with Crippen LogP contribution >= 0.6 is 11.3 Å². The number of nitrogens with one attached hydrogen (secondary N) is 1. The Morgan fingerprint density at radius 3 is 2.15 bits per heavy atom. The molecule has 0 unspecified atom stereocenters. The Bertz CT molecular complexity index is 2220. The Balaban J connectivity index is 1.07. The number of aliphatic carboxylic acids is 1. The number of thiazole rings is 1. The van der Waals surface area contributed by atoms with Gasteiger partial charge in [0, 0.05) is 48.4 Å². The summed E-state index contributed by atoms with van der Waals surface area (Å²) in [5.41, 5.74) is 6.55. The van der Waals surface area contributed by atoms with Crippen molar-refractivity contribution in [3.05, 3.63) is 88.4 Å². The van der Waals surface area contributed by atoms with Gasteiger partial charge in [-0.15, -0.1) is 0 Å². The third-order valence-electron chi connectivity index (χ3n) is 11.2. The van der Waals surface area contributed by atoms with Crippen molar-refractivity contribution in [2.75, 3.05) is 16.8 Å². The van der Waals surface area contributed by atoms with Crippen LogP contribution in [0.25, 0.3) is 21.3 Å². The maximum atomic E-state index is 13.9. The number of carbonyl (C=O) groups excluding carboxylic acids is 2. The molecule has 0 spiro atoms. The number of rotatable bonds is 21. The predicted molar refractivity (Wildman–Crippen MR) is 241 cm³/mol. The SMILES string of the molecule is Cc1nn(CCCCCCCCCCCCCCCC(=O)O)c(C)c1-c1ccc(N2CCc3cccc(C(=O)Nc4nc5ccccc5s4)c3C2)nc1C(=O)OC(C)(C)C. The number of hydrogen-bond acceptors (Lipinski definition) is 9. The molecule has 0 radical (unpaired) electrons. The number of aromatic nitrogens is 4. The number of carboxylic acid groups (broad SMARTS) is 1. The van der Waals surface area contributed by atoms with Crippen LogP contribution in [0, 0.1) is 13.8 Å². The Kier molecular flexibility index (Phi) is 15.5. The normalized spacial score (nSPS) is 12.8. The molecular formula is C48H62N6O5S. The van der Waals surface area contributed by atoms with Crippen LogP contribution in [-0.4, -0.2) is 54.8 Å². The monoisotopic (exact) mass is 834 g/mol. The van der Waals surface area contributed by atoms with Crippen molar-refractivity contribution in [2.24, 2.45) is 0 Å². The standard InChI is InChI=1S/C48H62N6O5S/c1-33-43(34(2)54(52-33)30-20-16-14-12-10-8-6-7-9-11-13-15-17-26-42(55)56)37-27-28-41(50-44(37)46(58)59-48(3,4)5)53-31-29-35-22-21-23-36(38(35)32-53)45(57)51-47-49-39-24-18-19-25-40(39)60-47/h18-19,21-25,27-28H,6-17,20,26,29-32H2,1-5H3,(H,55,56)(H,49,51,57). The van der Waals surface area contributed by atoms with E-state index in [2.05, 4.69) is 32.9 Å². The molecule has 11 nitrogen and oxygen atoms in total. The van der Waals surface area contributed by atoms with Crippen molar-refractivity contribution >= 4 is 50.3 Å². The maximum absolute atomic E-state index is 13.9. The second-order valence-electron chi connectivity index (χ2n) is 17.1. The molecule has 3 aromatic heterocycles. The second kappa shape index (κ2) is 20.9. The third-order valence-corrected chi connectivity index (χ3v) is 12.2. The van der Waals surface area contributed by atoms with E-state index in [0.29, 0.717) is 41.6 Å². The van der Waals surface area contributed by atoms with E-state index in [1.807, 2.05) is 76.2 Å². The zero-order valence-electron chi connectivity index (χ0n) is 36.1. The van der Waals surface area contributed by atoms with Crippen LogP contribution in [-0.2, 0) is 29.0 Å². The molecule has 5 aromatic rings. The van der Waals surface area contributed by atoms with Gasteiger partial charge < -0.3 is 14.7 Å². The number of ether oxygens (including phenoxy) is 1. The van der Waals surface area contributed by atoms with E-state index in [1.165, 1.54) is 62.7 Å². The highest BCUT2D eigenvalue weighted by atomic mass is 32.1. The summed E-state index contributed by atoms with van der Waals surface area (Å²) < 4.78 is 9.03. The lowest BCUT2D eigenvalue weighted by Gasteiger charge is -2.31. The lowest BCUT2D eigenvalue weighted by molar-refractivity contribution is -0.137. The fourth-order valence-corrected chi connectivity index (χ4v) is 9.04. The van der Waals surface area contributed by atoms with Gasteiger partial charge in [0.15, 0.2) is 10.8 Å². The zero-order chi connectivity index (χ0) is 42.6. The van der Waals surface area contributed by atoms with E-state index in [4.69, 9.17) is 19.9 Å². The number of nitrogens with zero attached hydrogens (tertiary/aromatic N) is 5. The van der Waals surface area contributed by atoms with Gasteiger partial charge in [0.2, 0.25) is 0 Å². The Morgan fingerprint density at radius 2 is 1.48 bits per heavy atom. The fourth-order valence-electron chi connectivity index (χ4n) is 8.17.